The van der Waals surface area contributed by atoms with Gasteiger partial charge < -0.3 is 9.47 Å². The zero-order valence-corrected chi connectivity index (χ0v) is 13.2. The Morgan fingerprint density at radius 2 is 1.77 bits per heavy atom. The van der Waals surface area contributed by atoms with Crippen LogP contribution in [0.1, 0.15) is 43.4 Å². The summed E-state index contributed by atoms with van der Waals surface area (Å²) in [4.78, 5) is 0. The molecule has 0 bridgehead atoms. The van der Waals surface area contributed by atoms with Crippen LogP contribution in [-0.4, -0.2) is 6.61 Å². The number of ether oxygens (including phenoxy) is 2. The highest BCUT2D eigenvalue weighted by Gasteiger charge is 2.21. The van der Waals surface area contributed by atoms with Crippen LogP contribution in [-0.2, 0) is 11.3 Å². The number of hydrogen-bond donors (Lipinski definition) is 0. The third kappa shape index (κ3) is 3.89. The molecular formula is C20H24O2. The summed E-state index contributed by atoms with van der Waals surface area (Å²) in [7, 11) is 0. The molecule has 0 unspecified atom stereocenters. The first-order chi connectivity index (χ1) is 10.8. The molecule has 2 atom stereocenters. The lowest BCUT2D eigenvalue weighted by atomic mass is 9.93. The maximum absolute atomic E-state index is 6.00. The summed E-state index contributed by atoms with van der Waals surface area (Å²) in [5.74, 6) is 1.65. The standard InChI is InChI=1S/C20H24O2/c1-2-16-8-13-20(22-14-16)18-9-11-19(12-10-18)21-15-17-6-4-3-5-7-17/h3-7,9-12,16,20H,2,8,13-15H2,1H3/t16-,20+/m1/s1. The van der Waals surface area contributed by atoms with Gasteiger partial charge in [-0.2, -0.15) is 0 Å². The lowest BCUT2D eigenvalue weighted by Crippen LogP contribution is -2.20. The lowest BCUT2D eigenvalue weighted by molar-refractivity contribution is -0.0181. The van der Waals surface area contributed by atoms with Crippen molar-refractivity contribution < 1.29 is 9.47 Å². The molecule has 22 heavy (non-hydrogen) atoms. The van der Waals surface area contributed by atoms with Crippen LogP contribution in [0.5, 0.6) is 5.75 Å². The zero-order chi connectivity index (χ0) is 15.2. The van der Waals surface area contributed by atoms with Crippen molar-refractivity contribution in [2.75, 3.05) is 6.61 Å². The molecule has 0 aromatic heterocycles. The Balaban J connectivity index is 1.54. The number of benzene rings is 2. The minimum Gasteiger partial charge on any atom is -0.489 e. The van der Waals surface area contributed by atoms with Crippen LogP contribution < -0.4 is 4.74 Å². The first-order valence-corrected chi connectivity index (χ1v) is 8.23. The number of rotatable bonds is 5. The molecule has 1 heterocycles. The summed E-state index contributed by atoms with van der Waals surface area (Å²) >= 11 is 0. The van der Waals surface area contributed by atoms with Crippen LogP contribution in [0.15, 0.2) is 54.6 Å². The van der Waals surface area contributed by atoms with E-state index < -0.39 is 0 Å². The molecule has 2 aromatic carbocycles. The second-order valence-electron chi connectivity index (χ2n) is 6.02. The van der Waals surface area contributed by atoms with Gasteiger partial charge in [0.1, 0.15) is 12.4 Å². The van der Waals surface area contributed by atoms with E-state index in [0.717, 1.165) is 24.7 Å². The summed E-state index contributed by atoms with van der Waals surface area (Å²) in [6.07, 6.45) is 3.88. The van der Waals surface area contributed by atoms with Crippen molar-refractivity contribution in [1.29, 1.82) is 0 Å². The average Bonchev–Trinajstić information content (AvgIpc) is 2.61. The smallest absolute Gasteiger partial charge is 0.119 e. The van der Waals surface area contributed by atoms with Gasteiger partial charge in [0, 0.05) is 0 Å². The van der Waals surface area contributed by atoms with Crippen LogP contribution in [0.25, 0.3) is 0 Å². The van der Waals surface area contributed by atoms with Crippen molar-refractivity contribution in [3.63, 3.8) is 0 Å². The van der Waals surface area contributed by atoms with Gasteiger partial charge in [0.25, 0.3) is 0 Å². The largest absolute Gasteiger partial charge is 0.489 e. The van der Waals surface area contributed by atoms with E-state index >= 15 is 0 Å². The van der Waals surface area contributed by atoms with E-state index in [2.05, 4.69) is 31.2 Å². The molecule has 0 amide bonds. The van der Waals surface area contributed by atoms with Gasteiger partial charge in [-0.1, -0.05) is 55.8 Å². The molecule has 1 saturated heterocycles. The van der Waals surface area contributed by atoms with Crippen LogP contribution >= 0.6 is 0 Å². The molecule has 3 rings (SSSR count). The van der Waals surface area contributed by atoms with Crippen LogP contribution in [0.3, 0.4) is 0 Å². The second kappa shape index (κ2) is 7.46. The molecule has 116 valence electrons. The van der Waals surface area contributed by atoms with Gasteiger partial charge in [0.15, 0.2) is 0 Å². The molecule has 0 aliphatic carbocycles. The predicted molar refractivity (Wildman–Crippen MR) is 88.9 cm³/mol. The molecule has 2 heteroatoms. The fraction of sp³-hybridized carbons (Fsp3) is 0.400. The van der Waals surface area contributed by atoms with E-state index in [0.29, 0.717) is 6.61 Å². The van der Waals surface area contributed by atoms with E-state index in [9.17, 15) is 0 Å². The van der Waals surface area contributed by atoms with Gasteiger partial charge in [-0.25, -0.2) is 0 Å². The number of hydrogen-bond acceptors (Lipinski definition) is 2. The van der Waals surface area contributed by atoms with Gasteiger partial charge in [-0.3, -0.25) is 0 Å². The third-order valence-corrected chi connectivity index (χ3v) is 4.45. The minimum absolute atomic E-state index is 0.256. The maximum Gasteiger partial charge on any atom is 0.119 e. The predicted octanol–water partition coefficient (Wildman–Crippen LogP) is 5.14. The van der Waals surface area contributed by atoms with Gasteiger partial charge in [0.05, 0.1) is 12.7 Å². The first-order valence-electron chi connectivity index (χ1n) is 8.23. The van der Waals surface area contributed by atoms with E-state index in [1.165, 1.54) is 24.0 Å². The summed E-state index contributed by atoms with van der Waals surface area (Å²) in [5.41, 5.74) is 2.45. The molecular weight excluding hydrogens is 272 g/mol. The van der Waals surface area contributed by atoms with Crippen molar-refractivity contribution in [2.45, 2.75) is 38.9 Å². The van der Waals surface area contributed by atoms with Crippen LogP contribution in [0.4, 0.5) is 0 Å². The van der Waals surface area contributed by atoms with Crippen molar-refractivity contribution in [2.24, 2.45) is 5.92 Å². The van der Waals surface area contributed by atoms with Gasteiger partial charge >= 0.3 is 0 Å². The van der Waals surface area contributed by atoms with E-state index in [-0.39, 0.29) is 6.10 Å². The molecule has 0 spiro atoms. The molecule has 1 aliphatic heterocycles. The summed E-state index contributed by atoms with van der Waals surface area (Å²) in [6.45, 7) is 3.75. The maximum atomic E-state index is 6.00. The Morgan fingerprint density at radius 3 is 2.41 bits per heavy atom. The summed E-state index contributed by atoms with van der Waals surface area (Å²) in [6, 6.07) is 18.6. The normalized spacial score (nSPS) is 21.5. The second-order valence-corrected chi connectivity index (χ2v) is 6.02. The highest BCUT2D eigenvalue weighted by molar-refractivity contribution is 5.29. The molecule has 2 aromatic rings. The Bertz CT molecular complexity index is 554. The van der Waals surface area contributed by atoms with E-state index in [4.69, 9.17) is 9.47 Å². The van der Waals surface area contributed by atoms with Crippen LogP contribution in [0, 0.1) is 5.92 Å². The first kappa shape index (κ1) is 15.1. The molecule has 2 nitrogen and oxygen atoms in total. The molecule has 1 aliphatic rings. The van der Waals surface area contributed by atoms with Crippen LogP contribution in [0.2, 0.25) is 0 Å². The molecule has 1 fully saturated rings. The van der Waals surface area contributed by atoms with Gasteiger partial charge in [0.2, 0.25) is 0 Å². The van der Waals surface area contributed by atoms with Crippen molar-refractivity contribution in [3.05, 3.63) is 65.7 Å². The fourth-order valence-corrected chi connectivity index (χ4v) is 2.91. The topological polar surface area (TPSA) is 18.5 Å². The minimum atomic E-state index is 0.256. The quantitative estimate of drug-likeness (QED) is 0.760. The zero-order valence-electron chi connectivity index (χ0n) is 13.2. The van der Waals surface area contributed by atoms with Gasteiger partial charge in [-0.15, -0.1) is 0 Å². The molecule has 0 N–H and O–H groups in total. The third-order valence-electron chi connectivity index (χ3n) is 4.45. The lowest BCUT2D eigenvalue weighted by Gasteiger charge is -2.28. The van der Waals surface area contributed by atoms with Gasteiger partial charge in [-0.05, 0) is 42.0 Å². The summed E-state index contributed by atoms with van der Waals surface area (Å²) in [5, 5.41) is 0. The molecule has 0 saturated carbocycles. The monoisotopic (exact) mass is 296 g/mol. The Labute approximate surface area is 133 Å². The van der Waals surface area contributed by atoms with Crippen molar-refractivity contribution in [3.8, 4) is 5.75 Å². The highest BCUT2D eigenvalue weighted by atomic mass is 16.5. The Morgan fingerprint density at radius 1 is 1.00 bits per heavy atom. The SMILES string of the molecule is CC[C@@H]1CC[C@@H](c2ccc(OCc3ccccc3)cc2)OC1. The van der Waals surface area contributed by atoms with Crippen molar-refractivity contribution >= 4 is 0 Å². The van der Waals surface area contributed by atoms with Crippen molar-refractivity contribution in [1.82, 2.24) is 0 Å². The summed E-state index contributed by atoms with van der Waals surface area (Å²) < 4.78 is 11.8. The Kier molecular flexibility index (Phi) is 5.12. The van der Waals surface area contributed by atoms with E-state index in [1.54, 1.807) is 0 Å². The molecule has 0 radical (unpaired) electrons. The highest BCUT2D eigenvalue weighted by Crippen LogP contribution is 2.32. The van der Waals surface area contributed by atoms with E-state index in [1.807, 2.05) is 30.3 Å². The fourth-order valence-electron chi connectivity index (χ4n) is 2.91. The Hall–Kier alpha value is -1.80. The average molecular weight is 296 g/mol.